The lowest BCUT2D eigenvalue weighted by molar-refractivity contribution is 0.186. The van der Waals surface area contributed by atoms with Crippen LogP contribution in [0.3, 0.4) is 0 Å². The average molecular weight is 307 g/mol. The minimum Gasteiger partial charge on any atom is -0.369 e. The van der Waals surface area contributed by atoms with Gasteiger partial charge in [-0.15, -0.1) is 0 Å². The van der Waals surface area contributed by atoms with Crippen molar-refractivity contribution in [3.05, 3.63) is 59.7 Å². The molecule has 4 rings (SSSR count). The Kier molecular flexibility index (Phi) is 3.45. The van der Waals surface area contributed by atoms with Gasteiger partial charge in [0, 0.05) is 31.0 Å². The Morgan fingerprint density at radius 1 is 1.09 bits per heavy atom. The van der Waals surface area contributed by atoms with E-state index >= 15 is 0 Å². The molecule has 1 atom stereocenters. The van der Waals surface area contributed by atoms with E-state index in [1.165, 1.54) is 16.8 Å². The van der Waals surface area contributed by atoms with Gasteiger partial charge in [-0.3, -0.25) is 0 Å². The molecule has 0 radical (unpaired) electrons. The van der Waals surface area contributed by atoms with E-state index < -0.39 is 0 Å². The van der Waals surface area contributed by atoms with Crippen LogP contribution in [0.1, 0.15) is 17.5 Å². The highest BCUT2D eigenvalue weighted by Gasteiger charge is 2.33. The van der Waals surface area contributed by atoms with Gasteiger partial charge in [-0.1, -0.05) is 35.9 Å². The fraction of sp³-hybridized carbons (Fsp3) is 0.316. The minimum absolute atomic E-state index is 0.0273. The third kappa shape index (κ3) is 2.65. The SMILES string of the molecule is Cc1ccc(N2CCC(N3Cc4ccccc4NC3=O)C2)cc1. The molecule has 0 saturated carbocycles. The number of hydrogen-bond acceptors (Lipinski definition) is 2. The second-order valence-electron chi connectivity index (χ2n) is 6.44. The molecule has 4 heteroatoms. The molecular formula is C19H21N3O. The number of para-hydroxylation sites is 1. The van der Waals surface area contributed by atoms with E-state index in [1.54, 1.807) is 0 Å². The Bertz CT molecular complexity index is 726. The standard InChI is InChI=1S/C19H21N3O/c1-14-6-8-16(9-7-14)21-11-10-17(13-21)22-12-15-4-2-3-5-18(15)20-19(22)23/h2-9,17H,10-13H2,1H3,(H,20,23). The number of carbonyl (C=O) groups excluding carboxylic acids is 1. The fourth-order valence-corrected chi connectivity index (χ4v) is 3.50. The topological polar surface area (TPSA) is 35.6 Å². The monoisotopic (exact) mass is 307 g/mol. The number of nitrogens with zero attached hydrogens (tertiary/aromatic N) is 2. The molecule has 118 valence electrons. The predicted octanol–water partition coefficient (Wildman–Crippen LogP) is 3.62. The summed E-state index contributed by atoms with van der Waals surface area (Å²) in [5.41, 5.74) is 4.66. The number of benzene rings is 2. The molecule has 1 N–H and O–H groups in total. The Morgan fingerprint density at radius 2 is 1.87 bits per heavy atom. The van der Waals surface area contributed by atoms with Crippen LogP contribution in [0.25, 0.3) is 0 Å². The molecule has 2 aliphatic heterocycles. The van der Waals surface area contributed by atoms with Crippen molar-refractivity contribution in [2.45, 2.75) is 25.9 Å². The molecule has 0 aromatic heterocycles. The Labute approximate surface area is 136 Å². The van der Waals surface area contributed by atoms with Gasteiger partial charge in [0.1, 0.15) is 0 Å². The molecule has 0 aliphatic carbocycles. The molecule has 0 bridgehead atoms. The number of urea groups is 1. The highest BCUT2D eigenvalue weighted by Crippen LogP contribution is 2.29. The minimum atomic E-state index is 0.0273. The van der Waals surface area contributed by atoms with Crippen LogP contribution in [0.15, 0.2) is 48.5 Å². The summed E-state index contributed by atoms with van der Waals surface area (Å²) in [5.74, 6) is 0. The van der Waals surface area contributed by atoms with Gasteiger partial charge < -0.3 is 15.1 Å². The maximum absolute atomic E-state index is 12.4. The first-order valence-corrected chi connectivity index (χ1v) is 8.18. The number of carbonyl (C=O) groups is 1. The zero-order valence-electron chi connectivity index (χ0n) is 13.3. The summed E-state index contributed by atoms with van der Waals surface area (Å²) in [6.07, 6.45) is 1.02. The van der Waals surface area contributed by atoms with E-state index in [0.29, 0.717) is 6.54 Å². The van der Waals surface area contributed by atoms with Crippen molar-refractivity contribution in [1.29, 1.82) is 0 Å². The van der Waals surface area contributed by atoms with Gasteiger partial charge in [0.15, 0.2) is 0 Å². The van der Waals surface area contributed by atoms with Crippen LogP contribution in [-0.4, -0.2) is 30.1 Å². The van der Waals surface area contributed by atoms with Crippen LogP contribution in [0.2, 0.25) is 0 Å². The lowest BCUT2D eigenvalue weighted by Crippen LogP contribution is -2.46. The van der Waals surface area contributed by atoms with Crippen molar-refractivity contribution in [3.63, 3.8) is 0 Å². The Morgan fingerprint density at radius 3 is 2.70 bits per heavy atom. The van der Waals surface area contributed by atoms with Gasteiger partial charge in [0.05, 0.1) is 6.04 Å². The molecule has 1 fully saturated rings. The molecule has 2 aliphatic rings. The van der Waals surface area contributed by atoms with E-state index in [9.17, 15) is 4.79 Å². The number of anilines is 2. The molecule has 23 heavy (non-hydrogen) atoms. The highest BCUT2D eigenvalue weighted by molar-refractivity contribution is 5.92. The quantitative estimate of drug-likeness (QED) is 0.920. The maximum atomic E-state index is 12.4. The molecule has 1 unspecified atom stereocenters. The lowest BCUT2D eigenvalue weighted by atomic mass is 10.1. The van der Waals surface area contributed by atoms with Gasteiger partial charge in [0.25, 0.3) is 0 Å². The third-order valence-electron chi connectivity index (χ3n) is 4.86. The van der Waals surface area contributed by atoms with E-state index in [0.717, 1.165) is 25.2 Å². The van der Waals surface area contributed by atoms with Crippen LogP contribution < -0.4 is 10.2 Å². The molecule has 1 saturated heterocycles. The second kappa shape index (κ2) is 5.61. The van der Waals surface area contributed by atoms with Gasteiger partial charge in [-0.2, -0.15) is 0 Å². The van der Waals surface area contributed by atoms with Crippen LogP contribution >= 0.6 is 0 Å². The van der Waals surface area contributed by atoms with Crippen LogP contribution in [-0.2, 0) is 6.54 Å². The van der Waals surface area contributed by atoms with Gasteiger partial charge >= 0.3 is 6.03 Å². The van der Waals surface area contributed by atoms with Crippen LogP contribution in [0.4, 0.5) is 16.2 Å². The van der Waals surface area contributed by atoms with E-state index in [2.05, 4.69) is 47.5 Å². The van der Waals surface area contributed by atoms with Crippen molar-refractivity contribution < 1.29 is 4.79 Å². The van der Waals surface area contributed by atoms with Gasteiger partial charge in [-0.25, -0.2) is 4.79 Å². The molecule has 2 heterocycles. The summed E-state index contributed by atoms with van der Waals surface area (Å²) in [4.78, 5) is 16.8. The second-order valence-corrected chi connectivity index (χ2v) is 6.44. The van der Waals surface area contributed by atoms with E-state index in [1.807, 2.05) is 23.1 Å². The van der Waals surface area contributed by atoms with Crippen molar-refractivity contribution in [1.82, 2.24) is 4.90 Å². The summed E-state index contributed by atoms with van der Waals surface area (Å²) in [6, 6.07) is 17.0. The molecule has 4 nitrogen and oxygen atoms in total. The lowest BCUT2D eigenvalue weighted by Gasteiger charge is -2.34. The zero-order chi connectivity index (χ0) is 15.8. The summed E-state index contributed by atoms with van der Waals surface area (Å²) in [7, 11) is 0. The van der Waals surface area contributed by atoms with Crippen LogP contribution in [0, 0.1) is 6.92 Å². The first kappa shape index (κ1) is 14.1. The number of amides is 2. The fourth-order valence-electron chi connectivity index (χ4n) is 3.50. The van der Waals surface area contributed by atoms with Crippen molar-refractivity contribution >= 4 is 17.4 Å². The summed E-state index contributed by atoms with van der Waals surface area (Å²) in [6.45, 7) is 4.71. The Balaban J connectivity index is 1.49. The predicted molar refractivity (Wildman–Crippen MR) is 92.8 cm³/mol. The maximum Gasteiger partial charge on any atom is 0.322 e. The van der Waals surface area contributed by atoms with E-state index in [4.69, 9.17) is 0 Å². The van der Waals surface area contributed by atoms with Crippen molar-refractivity contribution in [2.75, 3.05) is 23.3 Å². The van der Waals surface area contributed by atoms with Crippen molar-refractivity contribution in [2.24, 2.45) is 0 Å². The van der Waals surface area contributed by atoms with E-state index in [-0.39, 0.29) is 12.1 Å². The molecule has 2 aromatic carbocycles. The van der Waals surface area contributed by atoms with Crippen LogP contribution in [0.5, 0.6) is 0 Å². The number of rotatable bonds is 2. The zero-order valence-corrected chi connectivity index (χ0v) is 13.3. The largest absolute Gasteiger partial charge is 0.369 e. The molecule has 2 aromatic rings. The van der Waals surface area contributed by atoms with Gasteiger partial charge in [-0.05, 0) is 37.1 Å². The van der Waals surface area contributed by atoms with Crippen molar-refractivity contribution in [3.8, 4) is 0 Å². The first-order valence-electron chi connectivity index (χ1n) is 8.18. The highest BCUT2D eigenvalue weighted by atomic mass is 16.2. The summed E-state index contributed by atoms with van der Waals surface area (Å²) >= 11 is 0. The number of hydrogen-bond donors (Lipinski definition) is 1. The average Bonchev–Trinajstić information content (AvgIpc) is 3.04. The summed E-state index contributed by atoms with van der Waals surface area (Å²) < 4.78 is 0. The molecular weight excluding hydrogens is 286 g/mol. The molecule has 2 amide bonds. The number of fused-ring (bicyclic) bond motifs is 1. The number of aryl methyl sites for hydroxylation is 1. The third-order valence-corrected chi connectivity index (χ3v) is 4.86. The Hall–Kier alpha value is -2.49. The molecule has 0 spiro atoms. The normalized spacial score (nSPS) is 20.4. The summed E-state index contributed by atoms with van der Waals surface area (Å²) in [5, 5.41) is 3.02. The smallest absolute Gasteiger partial charge is 0.322 e. The number of nitrogens with one attached hydrogen (secondary N) is 1. The first-order chi connectivity index (χ1) is 11.2. The van der Waals surface area contributed by atoms with Gasteiger partial charge in [0.2, 0.25) is 0 Å².